The molecule has 4 heteroatoms. The van der Waals surface area contributed by atoms with E-state index in [1.165, 1.54) is 5.57 Å². The molecule has 0 amide bonds. The Hall–Kier alpha value is -1.32. The second kappa shape index (κ2) is 4.86. The zero-order valence-electron chi connectivity index (χ0n) is 15.0. The molecule has 2 fully saturated rings. The number of fused-ring (bicyclic) bond motifs is 4. The van der Waals surface area contributed by atoms with E-state index < -0.39 is 11.4 Å². The highest BCUT2D eigenvalue weighted by atomic mass is 16.5. The minimum absolute atomic E-state index is 0.00173. The summed E-state index contributed by atoms with van der Waals surface area (Å²) in [5, 5.41) is 9.92. The molecule has 4 aliphatic rings. The maximum Gasteiger partial charge on any atom is 0.334 e. The summed E-state index contributed by atoms with van der Waals surface area (Å²) >= 11 is 0. The second-order valence-corrected chi connectivity index (χ2v) is 9.22. The first-order valence-electron chi connectivity index (χ1n) is 9.36. The van der Waals surface area contributed by atoms with Crippen LogP contribution in [0.3, 0.4) is 0 Å². The second-order valence-electron chi connectivity index (χ2n) is 9.22. The number of carbonyl (C=O) groups excluding carboxylic acids is 1. The quantitative estimate of drug-likeness (QED) is 0.739. The van der Waals surface area contributed by atoms with E-state index in [4.69, 9.17) is 4.74 Å². The summed E-state index contributed by atoms with van der Waals surface area (Å²) < 4.78 is 5.36. The molecule has 0 aromatic carbocycles. The molecular weight excluding hydrogens is 304 g/mol. The van der Waals surface area contributed by atoms with E-state index in [0.717, 1.165) is 50.5 Å². The van der Waals surface area contributed by atoms with Gasteiger partial charge in [0.05, 0.1) is 5.41 Å². The van der Waals surface area contributed by atoms with Gasteiger partial charge in [-0.15, -0.1) is 0 Å². The van der Waals surface area contributed by atoms with Crippen molar-refractivity contribution in [3.8, 4) is 0 Å². The van der Waals surface area contributed by atoms with Crippen LogP contribution in [0.2, 0.25) is 0 Å². The standard InChI is InChI=1S/C20H28O4/c1-18-10-7-15-19(2,8-4-9-20(15,3)17(22)23)14(18)6-5-12-13(18)11-24-16(12)21/h14-15H,4-11H2,1-3H3,(H,22,23)/t14-,15-,18+,19-,20+/m1/s1. The van der Waals surface area contributed by atoms with Crippen LogP contribution in [0.15, 0.2) is 11.1 Å². The van der Waals surface area contributed by atoms with Crippen LogP contribution in [0, 0.1) is 28.1 Å². The molecule has 0 radical (unpaired) electrons. The third-order valence-electron chi connectivity index (χ3n) is 8.31. The van der Waals surface area contributed by atoms with Gasteiger partial charge in [-0.3, -0.25) is 4.79 Å². The smallest absolute Gasteiger partial charge is 0.334 e. The maximum atomic E-state index is 12.1. The predicted octanol–water partition coefficient (Wildman–Crippen LogP) is 3.95. The van der Waals surface area contributed by atoms with Crippen LogP contribution in [0.1, 0.15) is 65.7 Å². The van der Waals surface area contributed by atoms with Crippen LogP contribution in [0.4, 0.5) is 0 Å². The van der Waals surface area contributed by atoms with Gasteiger partial charge in [0.15, 0.2) is 0 Å². The molecule has 1 heterocycles. The highest BCUT2D eigenvalue weighted by Crippen LogP contribution is 2.68. The molecule has 0 saturated heterocycles. The first-order valence-corrected chi connectivity index (χ1v) is 9.36. The number of carboxylic acids is 1. The van der Waals surface area contributed by atoms with Crippen molar-refractivity contribution in [2.75, 3.05) is 6.61 Å². The van der Waals surface area contributed by atoms with Gasteiger partial charge >= 0.3 is 11.9 Å². The van der Waals surface area contributed by atoms with Crippen molar-refractivity contribution >= 4 is 11.9 Å². The fourth-order valence-corrected chi connectivity index (χ4v) is 7.08. The molecule has 1 N–H and O–H groups in total. The number of cyclic esters (lactones) is 1. The summed E-state index contributed by atoms with van der Waals surface area (Å²) in [7, 11) is 0. The zero-order chi connectivity index (χ0) is 17.3. The number of esters is 1. The van der Waals surface area contributed by atoms with Crippen molar-refractivity contribution in [1.29, 1.82) is 0 Å². The summed E-state index contributed by atoms with van der Waals surface area (Å²) in [5.41, 5.74) is 1.59. The Morgan fingerprint density at radius 3 is 2.58 bits per heavy atom. The van der Waals surface area contributed by atoms with Crippen LogP contribution >= 0.6 is 0 Å². The maximum absolute atomic E-state index is 12.1. The van der Waals surface area contributed by atoms with Gasteiger partial charge < -0.3 is 9.84 Å². The van der Waals surface area contributed by atoms with E-state index in [9.17, 15) is 14.7 Å². The average Bonchev–Trinajstić information content (AvgIpc) is 2.89. The molecule has 0 aromatic heterocycles. The number of carboxylic acid groups (broad SMARTS) is 1. The van der Waals surface area contributed by atoms with Crippen molar-refractivity contribution in [3.63, 3.8) is 0 Å². The van der Waals surface area contributed by atoms with E-state index in [1.807, 2.05) is 6.92 Å². The highest BCUT2D eigenvalue weighted by molar-refractivity contribution is 5.92. The zero-order valence-corrected chi connectivity index (χ0v) is 15.0. The summed E-state index contributed by atoms with van der Waals surface area (Å²) in [6.45, 7) is 7.07. The minimum Gasteiger partial charge on any atom is -0.481 e. The first-order chi connectivity index (χ1) is 11.2. The molecule has 0 unspecified atom stereocenters. The number of carbonyl (C=O) groups is 2. The molecule has 4 rings (SSSR count). The van der Waals surface area contributed by atoms with Crippen molar-refractivity contribution < 1.29 is 19.4 Å². The number of hydrogen-bond donors (Lipinski definition) is 1. The average molecular weight is 332 g/mol. The van der Waals surface area contributed by atoms with Gasteiger partial charge in [-0.25, -0.2) is 4.79 Å². The van der Waals surface area contributed by atoms with Crippen LogP contribution in [-0.2, 0) is 14.3 Å². The van der Waals surface area contributed by atoms with E-state index in [0.29, 0.717) is 12.5 Å². The number of ether oxygens (including phenoxy) is 1. The number of aliphatic carboxylic acids is 1. The predicted molar refractivity (Wildman–Crippen MR) is 89.2 cm³/mol. The SMILES string of the molecule is C[C@]12CCC[C@](C)(C(=O)O)[C@@H]1CC[C@@]1(C)C3=C(CC[C@@H]21)C(=O)OC3. The van der Waals surface area contributed by atoms with Gasteiger partial charge in [0.25, 0.3) is 0 Å². The van der Waals surface area contributed by atoms with E-state index in [1.54, 1.807) is 0 Å². The molecular formula is C20H28O4. The third-order valence-corrected chi connectivity index (χ3v) is 8.31. The Bertz CT molecular complexity index is 650. The minimum atomic E-state index is -0.628. The topological polar surface area (TPSA) is 63.6 Å². The van der Waals surface area contributed by atoms with Gasteiger partial charge in [0.1, 0.15) is 6.61 Å². The Kier molecular flexibility index (Phi) is 3.27. The van der Waals surface area contributed by atoms with Crippen LogP contribution < -0.4 is 0 Å². The van der Waals surface area contributed by atoms with Gasteiger partial charge in [0.2, 0.25) is 0 Å². The molecule has 24 heavy (non-hydrogen) atoms. The molecule has 0 aromatic rings. The number of hydrogen-bond acceptors (Lipinski definition) is 3. The lowest BCUT2D eigenvalue weighted by Gasteiger charge is -2.63. The molecule has 5 atom stereocenters. The van der Waals surface area contributed by atoms with Gasteiger partial charge in [0, 0.05) is 5.57 Å². The third kappa shape index (κ3) is 1.80. The lowest BCUT2D eigenvalue weighted by molar-refractivity contribution is -0.175. The van der Waals surface area contributed by atoms with Gasteiger partial charge in [-0.05, 0) is 73.7 Å². The Labute approximate surface area is 143 Å². The fourth-order valence-electron chi connectivity index (χ4n) is 7.08. The van der Waals surface area contributed by atoms with Gasteiger partial charge in [-0.2, -0.15) is 0 Å². The summed E-state index contributed by atoms with van der Waals surface area (Å²) in [6, 6.07) is 0. The molecule has 132 valence electrons. The van der Waals surface area contributed by atoms with E-state index in [2.05, 4.69) is 13.8 Å². The Balaban J connectivity index is 1.78. The molecule has 4 nitrogen and oxygen atoms in total. The lowest BCUT2D eigenvalue weighted by Crippen LogP contribution is -2.58. The van der Waals surface area contributed by atoms with Crippen molar-refractivity contribution in [1.82, 2.24) is 0 Å². The van der Waals surface area contributed by atoms with Crippen LogP contribution in [-0.4, -0.2) is 23.7 Å². The summed E-state index contributed by atoms with van der Waals surface area (Å²) in [5.74, 6) is -0.0569. The molecule has 2 saturated carbocycles. The summed E-state index contributed by atoms with van der Waals surface area (Å²) in [4.78, 5) is 24.1. The summed E-state index contributed by atoms with van der Waals surface area (Å²) in [6.07, 6.45) is 6.62. The van der Waals surface area contributed by atoms with E-state index >= 15 is 0 Å². The highest BCUT2D eigenvalue weighted by Gasteiger charge is 2.63. The first kappa shape index (κ1) is 16.2. The largest absolute Gasteiger partial charge is 0.481 e. The Morgan fingerprint density at radius 2 is 1.88 bits per heavy atom. The lowest BCUT2D eigenvalue weighted by atomic mass is 9.40. The molecule has 1 aliphatic heterocycles. The van der Waals surface area contributed by atoms with Crippen LogP contribution in [0.25, 0.3) is 0 Å². The van der Waals surface area contributed by atoms with Crippen molar-refractivity contribution in [2.24, 2.45) is 28.1 Å². The van der Waals surface area contributed by atoms with Crippen LogP contribution in [0.5, 0.6) is 0 Å². The van der Waals surface area contributed by atoms with Gasteiger partial charge in [-0.1, -0.05) is 20.3 Å². The number of rotatable bonds is 1. The van der Waals surface area contributed by atoms with E-state index in [-0.39, 0.29) is 22.7 Å². The molecule has 0 spiro atoms. The Morgan fingerprint density at radius 1 is 1.12 bits per heavy atom. The monoisotopic (exact) mass is 332 g/mol. The molecule has 0 bridgehead atoms. The normalized spacial score (nSPS) is 47.5. The van der Waals surface area contributed by atoms with Crippen molar-refractivity contribution in [3.05, 3.63) is 11.1 Å². The fraction of sp³-hybridized carbons (Fsp3) is 0.800. The molecule has 3 aliphatic carbocycles. The van der Waals surface area contributed by atoms with Crippen molar-refractivity contribution in [2.45, 2.75) is 65.7 Å².